The molecule has 0 atom stereocenters. The SMILES string of the molecule is c1ccc(-c2nc(-c3ccc(-c4cccc5c4-c4ccccc4C5(c4ccccc4)c4ccccc4)cc3)cc(-c3ccccc3-c3ccc4oc5ccccc5c4c3)n2)cc1. The smallest absolute Gasteiger partial charge is 0.160 e. The number of rotatable bonds is 7. The molecule has 1 aliphatic rings. The molecule has 2 aromatic heterocycles. The second kappa shape index (κ2) is 14.5. The first-order valence-corrected chi connectivity index (χ1v) is 21.1. The van der Waals surface area contributed by atoms with Gasteiger partial charge in [0.1, 0.15) is 11.2 Å². The molecule has 62 heavy (non-hydrogen) atoms. The summed E-state index contributed by atoms with van der Waals surface area (Å²) in [5, 5.41) is 2.21. The van der Waals surface area contributed by atoms with Gasteiger partial charge in [-0.1, -0.05) is 206 Å². The van der Waals surface area contributed by atoms with Crippen LogP contribution in [0.2, 0.25) is 0 Å². The Balaban J connectivity index is 0.991. The lowest BCUT2D eigenvalue weighted by molar-refractivity contribution is 0.669. The third-order valence-electron chi connectivity index (χ3n) is 12.6. The summed E-state index contributed by atoms with van der Waals surface area (Å²) in [7, 11) is 0. The first kappa shape index (κ1) is 35.8. The molecular formula is C59H38N2O. The molecule has 2 heterocycles. The second-order valence-electron chi connectivity index (χ2n) is 16.0. The normalized spacial score (nSPS) is 12.6. The molecule has 12 rings (SSSR count). The van der Waals surface area contributed by atoms with Gasteiger partial charge in [-0.3, -0.25) is 0 Å². The van der Waals surface area contributed by atoms with Gasteiger partial charge in [-0.15, -0.1) is 0 Å². The Morgan fingerprint density at radius 3 is 1.63 bits per heavy atom. The van der Waals surface area contributed by atoms with Crippen molar-refractivity contribution in [1.29, 1.82) is 0 Å². The highest BCUT2D eigenvalue weighted by atomic mass is 16.3. The zero-order valence-corrected chi connectivity index (χ0v) is 33.7. The van der Waals surface area contributed by atoms with Crippen molar-refractivity contribution in [2.24, 2.45) is 0 Å². The van der Waals surface area contributed by atoms with Crippen LogP contribution >= 0.6 is 0 Å². The molecule has 0 saturated carbocycles. The average Bonchev–Trinajstić information content (AvgIpc) is 3.88. The molecule has 3 heteroatoms. The molecular weight excluding hydrogens is 753 g/mol. The maximum absolute atomic E-state index is 6.19. The Kier molecular flexibility index (Phi) is 8.39. The third-order valence-corrected chi connectivity index (χ3v) is 12.6. The van der Waals surface area contributed by atoms with Crippen molar-refractivity contribution in [3.63, 3.8) is 0 Å². The van der Waals surface area contributed by atoms with Crippen LogP contribution in [0.3, 0.4) is 0 Å². The van der Waals surface area contributed by atoms with Crippen LogP contribution in [0.5, 0.6) is 0 Å². The standard InChI is InChI=1S/C59H38N2O/c1-4-17-41(18-5-1)58-60-53(38-54(61-58)47-24-11-10-23-45(47)42-35-36-56-50(37-42)48-25-13-15-30-55(48)62-56)40-33-31-39(32-34-40)46-27-16-29-52-57(46)49-26-12-14-28-51(49)59(52,43-19-6-2-7-20-43)44-21-8-3-9-22-44/h1-38H. The lowest BCUT2D eigenvalue weighted by atomic mass is 9.67. The van der Waals surface area contributed by atoms with Crippen LogP contribution in [0.25, 0.3) is 89.2 Å². The molecule has 9 aromatic carbocycles. The van der Waals surface area contributed by atoms with Crippen molar-refractivity contribution >= 4 is 21.9 Å². The molecule has 0 fully saturated rings. The molecule has 1 aliphatic carbocycles. The summed E-state index contributed by atoms with van der Waals surface area (Å²) in [6.07, 6.45) is 0. The zero-order valence-electron chi connectivity index (χ0n) is 33.7. The summed E-state index contributed by atoms with van der Waals surface area (Å²) in [5.74, 6) is 0.684. The molecule has 0 spiro atoms. The third kappa shape index (κ3) is 5.67. The number of aromatic nitrogens is 2. The van der Waals surface area contributed by atoms with Gasteiger partial charge in [0.05, 0.1) is 16.8 Å². The molecule has 0 unspecified atom stereocenters. The number of furan rings is 1. The fourth-order valence-electron chi connectivity index (χ4n) is 9.86. The summed E-state index contributed by atoms with van der Waals surface area (Å²) >= 11 is 0. The van der Waals surface area contributed by atoms with Crippen LogP contribution in [-0.2, 0) is 5.41 Å². The van der Waals surface area contributed by atoms with E-state index in [2.05, 4.69) is 200 Å². The first-order chi connectivity index (χ1) is 30.7. The van der Waals surface area contributed by atoms with Crippen LogP contribution in [0, 0.1) is 0 Å². The predicted molar refractivity (Wildman–Crippen MR) is 254 cm³/mol. The Morgan fingerprint density at radius 1 is 0.323 bits per heavy atom. The van der Waals surface area contributed by atoms with E-state index in [1.54, 1.807) is 0 Å². The highest BCUT2D eigenvalue weighted by Gasteiger charge is 2.46. The minimum absolute atomic E-state index is 0.454. The van der Waals surface area contributed by atoms with Crippen molar-refractivity contribution in [1.82, 2.24) is 9.97 Å². The van der Waals surface area contributed by atoms with E-state index in [0.29, 0.717) is 5.82 Å². The fraction of sp³-hybridized carbons (Fsp3) is 0.0169. The van der Waals surface area contributed by atoms with Gasteiger partial charge in [-0.05, 0) is 79.9 Å². The van der Waals surface area contributed by atoms with E-state index in [1.165, 1.54) is 38.9 Å². The second-order valence-corrected chi connectivity index (χ2v) is 16.0. The predicted octanol–water partition coefficient (Wildman–Crippen LogP) is 15.1. The maximum Gasteiger partial charge on any atom is 0.160 e. The van der Waals surface area contributed by atoms with Gasteiger partial charge in [0.2, 0.25) is 0 Å². The van der Waals surface area contributed by atoms with Gasteiger partial charge >= 0.3 is 0 Å². The number of hydrogen-bond acceptors (Lipinski definition) is 3. The molecule has 11 aromatic rings. The van der Waals surface area contributed by atoms with Crippen LogP contribution in [0.1, 0.15) is 22.3 Å². The molecule has 0 amide bonds. The van der Waals surface area contributed by atoms with Gasteiger partial charge in [0, 0.05) is 27.5 Å². The minimum Gasteiger partial charge on any atom is -0.456 e. The van der Waals surface area contributed by atoms with E-state index < -0.39 is 5.41 Å². The highest BCUT2D eigenvalue weighted by Crippen LogP contribution is 2.58. The highest BCUT2D eigenvalue weighted by molar-refractivity contribution is 6.06. The molecule has 0 bridgehead atoms. The zero-order chi connectivity index (χ0) is 41.0. The monoisotopic (exact) mass is 790 g/mol. The molecule has 0 aliphatic heterocycles. The van der Waals surface area contributed by atoms with E-state index in [9.17, 15) is 0 Å². The number of benzene rings is 9. The van der Waals surface area contributed by atoms with Gasteiger partial charge < -0.3 is 4.42 Å². The van der Waals surface area contributed by atoms with Crippen molar-refractivity contribution in [2.75, 3.05) is 0 Å². The molecule has 0 N–H and O–H groups in total. The topological polar surface area (TPSA) is 38.9 Å². The summed E-state index contributed by atoms with van der Waals surface area (Å²) in [6, 6.07) is 82.2. The van der Waals surface area contributed by atoms with E-state index in [0.717, 1.165) is 66.7 Å². The van der Waals surface area contributed by atoms with Crippen LogP contribution in [0.4, 0.5) is 0 Å². The van der Waals surface area contributed by atoms with Gasteiger partial charge in [-0.2, -0.15) is 0 Å². The van der Waals surface area contributed by atoms with E-state index in [1.807, 2.05) is 30.3 Å². The quantitative estimate of drug-likeness (QED) is 0.161. The summed E-state index contributed by atoms with van der Waals surface area (Å²) < 4.78 is 6.19. The van der Waals surface area contributed by atoms with Crippen LogP contribution < -0.4 is 0 Å². The van der Waals surface area contributed by atoms with E-state index in [-0.39, 0.29) is 0 Å². The minimum atomic E-state index is -0.454. The van der Waals surface area contributed by atoms with Crippen LogP contribution in [-0.4, -0.2) is 9.97 Å². The lowest BCUT2D eigenvalue weighted by Gasteiger charge is -2.34. The molecule has 0 saturated heterocycles. The summed E-state index contributed by atoms with van der Waals surface area (Å²) in [4.78, 5) is 10.5. The van der Waals surface area contributed by atoms with E-state index >= 15 is 0 Å². The summed E-state index contributed by atoms with van der Waals surface area (Å²) in [6.45, 7) is 0. The molecule has 0 radical (unpaired) electrons. The molecule has 3 nitrogen and oxygen atoms in total. The Bertz CT molecular complexity index is 3400. The number of para-hydroxylation sites is 1. The van der Waals surface area contributed by atoms with Crippen LogP contribution in [0.15, 0.2) is 235 Å². The van der Waals surface area contributed by atoms with Gasteiger partial charge in [0.15, 0.2) is 5.82 Å². The lowest BCUT2D eigenvalue weighted by Crippen LogP contribution is -2.28. The Morgan fingerprint density at radius 2 is 0.871 bits per heavy atom. The summed E-state index contributed by atoms with van der Waals surface area (Å²) in [5.41, 5.74) is 18.3. The maximum atomic E-state index is 6.19. The van der Waals surface area contributed by atoms with Crippen molar-refractivity contribution < 1.29 is 4.42 Å². The van der Waals surface area contributed by atoms with Crippen molar-refractivity contribution in [3.8, 4) is 67.3 Å². The largest absolute Gasteiger partial charge is 0.456 e. The number of hydrogen-bond donors (Lipinski definition) is 0. The van der Waals surface area contributed by atoms with Gasteiger partial charge in [0.25, 0.3) is 0 Å². The van der Waals surface area contributed by atoms with E-state index in [4.69, 9.17) is 14.4 Å². The van der Waals surface area contributed by atoms with Crippen molar-refractivity contribution in [3.05, 3.63) is 253 Å². The Hall–Kier alpha value is -8.14. The number of fused-ring (bicyclic) bond motifs is 6. The average molecular weight is 791 g/mol. The molecule has 290 valence electrons. The number of nitrogens with zero attached hydrogens (tertiary/aromatic N) is 2. The first-order valence-electron chi connectivity index (χ1n) is 21.1. The fourth-order valence-corrected chi connectivity index (χ4v) is 9.86. The Labute approximate surface area is 360 Å². The van der Waals surface area contributed by atoms with Gasteiger partial charge in [-0.25, -0.2) is 9.97 Å². The van der Waals surface area contributed by atoms with Crippen molar-refractivity contribution in [2.45, 2.75) is 5.41 Å².